The van der Waals surface area contributed by atoms with E-state index in [9.17, 15) is 9.90 Å². The van der Waals surface area contributed by atoms with Crippen molar-refractivity contribution in [3.8, 4) is 17.0 Å². The van der Waals surface area contributed by atoms with E-state index in [1.165, 1.54) is 10.7 Å². The molecule has 1 aromatic carbocycles. The second kappa shape index (κ2) is 5.54. The lowest BCUT2D eigenvalue weighted by molar-refractivity contribution is 0.0681. The molecule has 0 unspecified atom stereocenters. The van der Waals surface area contributed by atoms with E-state index in [0.717, 1.165) is 0 Å². The molecule has 6 heteroatoms. The van der Waals surface area contributed by atoms with Gasteiger partial charge in [-0.05, 0) is 38.1 Å². The van der Waals surface area contributed by atoms with Crippen molar-refractivity contribution >= 4 is 17.6 Å². The number of halogens is 1. The number of aromatic nitrogens is 2. The van der Waals surface area contributed by atoms with Crippen LogP contribution in [0.25, 0.3) is 11.3 Å². The Morgan fingerprint density at radius 3 is 2.60 bits per heavy atom. The molecule has 2 rings (SSSR count). The van der Waals surface area contributed by atoms with Crippen LogP contribution in [0.5, 0.6) is 5.75 Å². The molecule has 0 aliphatic carbocycles. The number of carboxylic acid groups (broad SMARTS) is 1. The molecule has 1 N–H and O–H groups in total. The molecule has 2 aromatic rings. The van der Waals surface area contributed by atoms with Gasteiger partial charge < -0.3 is 9.84 Å². The zero-order valence-electron chi connectivity index (χ0n) is 11.4. The summed E-state index contributed by atoms with van der Waals surface area (Å²) in [5.41, 5.74) is 1.33. The highest BCUT2D eigenvalue weighted by atomic mass is 35.5. The number of rotatable bonds is 4. The minimum atomic E-state index is -1.02. The van der Waals surface area contributed by atoms with E-state index in [2.05, 4.69) is 5.10 Å². The largest absolute Gasteiger partial charge is 0.496 e. The summed E-state index contributed by atoms with van der Waals surface area (Å²) in [6.45, 7) is 3.75. The standard InChI is InChI=1S/C14H15ClN2O3/c1-8(2)17-12(14(18)19)7-11(16-17)10-6-9(15)4-5-13(10)20-3/h4-8H,1-3H3,(H,18,19). The van der Waals surface area contributed by atoms with Crippen LogP contribution in [-0.2, 0) is 0 Å². The summed E-state index contributed by atoms with van der Waals surface area (Å²) in [4.78, 5) is 11.3. The summed E-state index contributed by atoms with van der Waals surface area (Å²) in [6.07, 6.45) is 0. The lowest BCUT2D eigenvalue weighted by Crippen LogP contribution is -2.11. The predicted molar refractivity (Wildman–Crippen MR) is 76.6 cm³/mol. The lowest BCUT2D eigenvalue weighted by Gasteiger charge is -2.08. The monoisotopic (exact) mass is 294 g/mol. The summed E-state index contributed by atoms with van der Waals surface area (Å²) >= 11 is 5.99. The maximum atomic E-state index is 11.3. The highest BCUT2D eigenvalue weighted by molar-refractivity contribution is 6.31. The van der Waals surface area contributed by atoms with Crippen molar-refractivity contribution in [3.05, 3.63) is 35.0 Å². The Morgan fingerprint density at radius 1 is 1.40 bits per heavy atom. The summed E-state index contributed by atoms with van der Waals surface area (Å²) < 4.78 is 6.74. The molecule has 0 radical (unpaired) electrons. The molecule has 0 aliphatic rings. The van der Waals surface area contributed by atoms with E-state index in [1.807, 2.05) is 13.8 Å². The van der Waals surface area contributed by atoms with Crippen molar-refractivity contribution < 1.29 is 14.6 Å². The number of aromatic carboxylic acids is 1. The Kier molecular flexibility index (Phi) is 3.99. The molecule has 0 bridgehead atoms. The molecule has 5 nitrogen and oxygen atoms in total. The number of carboxylic acids is 1. The van der Waals surface area contributed by atoms with Gasteiger partial charge in [0.05, 0.1) is 12.8 Å². The van der Waals surface area contributed by atoms with Crippen LogP contribution in [-0.4, -0.2) is 28.0 Å². The number of ether oxygens (including phenoxy) is 1. The zero-order valence-corrected chi connectivity index (χ0v) is 12.2. The summed E-state index contributed by atoms with van der Waals surface area (Å²) in [5.74, 6) is -0.418. The molecule has 1 aromatic heterocycles. The summed E-state index contributed by atoms with van der Waals surface area (Å²) in [7, 11) is 1.55. The Bertz CT molecular complexity index is 650. The molecule has 0 fully saturated rings. The quantitative estimate of drug-likeness (QED) is 0.937. The van der Waals surface area contributed by atoms with Gasteiger partial charge in [-0.1, -0.05) is 11.6 Å². The average molecular weight is 295 g/mol. The van der Waals surface area contributed by atoms with Gasteiger partial charge in [-0.15, -0.1) is 0 Å². The fourth-order valence-corrected chi connectivity index (χ4v) is 2.13. The summed E-state index contributed by atoms with van der Waals surface area (Å²) in [6, 6.07) is 6.61. The van der Waals surface area contributed by atoms with E-state index in [0.29, 0.717) is 22.0 Å². The van der Waals surface area contributed by atoms with E-state index < -0.39 is 5.97 Å². The minimum absolute atomic E-state index is 0.0555. The van der Waals surface area contributed by atoms with E-state index >= 15 is 0 Å². The van der Waals surface area contributed by atoms with Crippen LogP contribution in [0.1, 0.15) is 30.4 Å². The lowest BCUT2D eigenvalue weighted by atomic mass is 10.1. The minimum Gasteiger partial charge on any atom is -0.496 e. The zero-order chi connectivity index (χ0) is 14.9. The third-order valence-electron chi connectivity index (χ3n) is 2.88. The molecule has 0 aliphatic heterocycles. The first-order chi connectivity index (χ1) is 9.43. The summed E-state index contributed by atoms with van der Waals surface area (Å²) in [5, 5.41) is 14.1. The average Bonchev–Trinajstić information content (AvgIpc) is 2.83. The predicted octanol–water partition coefficient (Wildman–Crippen LogP) is 3.49. The Labute approximate surface area is 121 Å². The van der Waals surface area contributed by atoms with Crippen LogP contribution in [0.4, 0.5) is 0 Å². The first-order valence-electron chi connectivity index (χ1n) is 6.10. The maximum Gasteiger partial charge on any atom is 0.354 e. The van der Waals surface area contributed by atoms with Crippen LogP contribution >= 0.6 is 11.6 Å². The Balaban J connectivity index is 2.61. The third-order valence-corrected chi connectivity index (χ3v) is 3.12. The van der Waals surface area contributed by atoms with Crippen molar-refractivity contribution in [2.24, 2.45) is 0 Å². The molecule has 1 heterocycles. The molecular weight excluding hydrogens is 280 g/mol. The number of carbonyl (C=O) groups is 1. The molecule has 0 saturated carbocycles. The van der Waals surface area contributed by atoms with Gasteiger partial charge in [0.25, 0.3) is 0 Å². The van der Waals surface area contributed by atoms with Gasteiger partial charge in [-0.3, -0.25) is 4.68 Å². The Hall–Kier alpha value is -2.01. The van der Waals surface area contributed by atoms with Crippen molar-refractivity contribution in [1.82, 2.24) is 9.78 Å². The van der Waals surface area contributed by atoms with Gasteiger partial charge in [-0.2, -0.15) is 5.10 Å². The molecule has 0 amide bonds. The van der Waals surface area contributed by atoms with Crippen LogP contribution < -0.4 is 4.74 Å². The van der Waals surface area contributed by atoms with Gasteiger partial charge in [0.1, 0.15) is 11.4 Å². The van der Waals surface area contributed by atoms with Crippen LogP contribution in [0.3, 0.4) is 0 Å². The SMILES string of the molecule is COc1ccc(Cl)cc1-c1cc(C(=O)O)n(C(C)C)n1. The number of nitrogens with zero attached hydrogens (tertiary/aromatic N) is 2. The number of hydrogen-bond acceptors (Lipinski definition) is 3. The van der Waals surface area contributed by atoms with Crippen molar-refractivity contribution in [1.29, 1.82) is 0 Å². The molecule has 20 heavy (non-hydrogen) atoms. The smallest absolute Gasteiger partial charge is 0.354 e. The second-order valence-corrected chi connectivity index (χ2v) is 5.04. The molecule has 0 atom stereocenters. The van der Waals surface area contributed by atoms with Gasteiger partial charge in [-0.25, -0.2) is 4.79 Å². The first kappa shape index (κ1) is 14.4. The fourth-order valence-electron chi connectivity index (χ4n) is 1.96. The normalized spacial score (nSPS) is 10.8. The van der Waals surface area contributed by atoms with Gasteiger partial charge in [0.15, 0.2) is 0 Å². The highest BCUT2D eigenvalue weighted by Crippen LogP contribution is 2.32. The second-order valence-electron chi connectivity index (χ2n) is 4.60. The number of hydrogen-bond donors (Lipinski definition) is 1. The molecule has 0 spiro atoms. The first-order valence-corrected chi connectivity index (χ1v) is 6.48. The van der Waals surface area contributed by atoms with Gasteiger partial charge >= 0.3 is 5.97 Å². The van der Waals surface area contributed by atoms with Crippen LogP contribution in [0.2, 0.25) is 5.02 Å². The van der Waals surface area contributed by atoms with Gasteiger partial charge in [0, 0.05) is 16.6 Å². The van der Waals surface area contributed by atoms with Crippen molar-refractivity contribution in [2.75, 3.05) is 7.11 Å². The van der Waals surface area contributed by atoms with Gasteiger partial charge in [0.2, 0.25) is 0 Å². The number of methoxy groups -OCH3 is 1. The van der Waals surface area contributed by atoms with E-state index in [4.69, 9.17) is 16.3 Å². The molecule has 0 saturated heterocycles. The van der Waals surface area contributed by atoms with E-state index in [-0.39, 0.29) is 11.7 Å². The van der Waals surface area contributed by atoms with Crippen LogP contribution in [0.15, 0.2) is 24.3 Å². The Morgan fingerprint density at radius 2 is 2.10 bits per heavy atom. The van der Waals surface area contributed by atoms with E-state index in [1.54, 1.807) is 25.3 Å². The number of benzene rings is 1. The maximum absolute atomic E-state index is 11.3. The van der Waals surface area contributed by atoms with Crippen LogP contribution in [0, 0.1) is 0 Å². The highest BCUT2D eigenvalue weighted by Gasteiger charge is 2.19. The topological polar surface area (TPSA) is 64.3 Å². The third kappa shape index (κ3) is 2.63. The fraction of sp³-hybridized carbons (Fsp3) is 0.286. The van der Waals surface area contributed by atoms with Crippen molar-refractivity contribution in [3.63, 3.8) is 0 Å². The molecule has 106 valence electrons. The molecular formula is C14H15ClN2O3. The van der Waals surface area contributed by atoms with Crippen molar-refractivity contribution in [2.45, 2.75) is 19.9 Å².